The maximum atomic E-state index is 12.5. The molecule has 3 aliphatic heterocycles. The van der Waals surface area contributed by atoms with E-state index in [-0.39, 0.29) is 75.4 Å². The van der Waals surface area contributed by atoms with Gasteiger partial charge in [-0.2, -0.15) is 0 Å². The van der Waals surface area contributed by atoms with Crippen molar-refractivity contribution in [2.75, 3.05) is 50.2 Å². The molecule has 0 amide bonds. The molecule has 29 heteroatoms. The lowest BCUT2D eigenvalue weighted by Gasteiger charge is -2.27. The van der Waals surface area contributed by atoms with Gasteiger partial charge in [0.25, 0.3) is 0 Å². The number of thiol groups is 2. The van der Waals surface area contributed by atoms with Crippen molar-refractivity contribution < 1.29 is 58.1 Å². The van der Waals surface area contributed by atoms with Crippen LogP contribution in [0.2, 0.25) is 0 Å². The highest BCUT2D eigenvalue weighted by atomic mass is 32.1. The largest absolute Gasteiger partial charge is 0.394 e. The number of rotatable bonds is 20. The Morgan fingerprint density at radius 3 is 1.52 bits per heavy atom. The minimum absolute atomic E-state index is 0.0146. The van der Waals surface area contributed by atoms with Crippen LogP contribution in [-0.2, 0) is 42.7 Å². The normalized spacial score (nSPS) is 28.4. The number of carbonyl (C=O) groups excluding carboxylic acids is 2. The number of carbonyl (C=O) groups is 2. The van der Waals surface area contributed by atoms with E-state index in [2.05, 4.69) is 70.1 Å². The van der Waals surface area contributed by atoms with Gasteiger partial charge in [0, 0.05) is 25.7 Å². The number of imidazole rings is 3. The van der Waals surface area contributed by atoms with Crippen molar-refractivity contribution in [1.29, 1.82) is 0 Å². The first kappa shape index (κ1) is 46.8. The SMILES string of the molecule is Nc1ncnc2c1ncn2C1OC(CO)CC1OCCC(S)(C=O)OCC1CC(OCCC(S)(C=O)OCC2OC(n3cnc4c(N)ncnc43)C(O)C2O)C(n2cnc3c(N)ncnc32)O1. The molecule has 0 bridgehead atoms. The van der Waals surface area contributed by atoms with E-state index in [1.54, 1.807) is 9.13 Å². The van der Waals surface area contributed by atoms with E-state index in [4.69, 9.17) is 50.4 Å². The predicted molar refractivity (Wildman–Crippen MR) is 235 cm³/mol. The molecule has 67 heavy (non-hydrogen) atoms. The molecule has 3 aliphatic rings. The van der Waals surface area contributed by atoms with E-state index in [9.17, 15) is 24.9 Å². The Bertz CT molecular complexity index is 2720. The molecule has 6 aromatic heterocycles. The lowest BCUT2D eigenvalue weighted by molar-refractivity contribution is -0.133. The van der Waals surface area contributed by atoms with E-state index in [0.717, 1.165) is 0 Å². The Morgan fingerprint density at radius 2 is 1.06 bits per heavy atom. The summed E-state index contributed by atoms with van der Waals surface area (Å²) in [6.07, 6.45) is 0.791. The highest BCUT2D eigenvalue weighted by molar-refractivity contribution is 7.82. The van der Waals surface area contributed by atoms with Gasteiger partial charge in [0.15, 0.2) is 75.5 Å². The van der Waals surface area contributed by atoms with E-state index in [1.807, 2.05) is 0 Å². The van der Waals surface area contributed by atoms with E-state index < -0.39 is 71.3 Å². The first-order valence-electron chi connectivity index (χ1n) is 20.9. The third-order valence-corrected chi connectivity index (χ3v) is 12.7. The number of ether oxygens (including phenoxy) is 7. The van der Waals surface area contributed by atoms with Crippen molar-refractivity contribution in [3.8, 4) is 0 Å². The summed E-state index contributed by atoms with van der Waals surface area (Å²) in [5, 5.41) is 31.7. The maximum absolute atomic E-state index is 12.5. The zero-order valence-corrected chi connectivity index (χ0v) is 37.1. The number of nitrogen functional groups attached to an aromatic ring is 3. The van der Waals surface area contributed by atoms with Gasteiger partial charge in [0.05, 0.1) is 64.2 Å². The van der Waals surface area contributed by atoms with Crippen LogP contribution in [0.15, 0.2) is 38.0 Å². The highest BCUT2D eigenvalue weighted by Crippen LogP contribution is 2.38. The molecule has 12 unspecified atom stereocenters. The molecule has 3 fully saturated rings. The number of nitrogens with two attached hydrogens (primary N) is 3. The third-order valence-electron chi connectivity index (χ3n) is 11.8. The number of aliphatic hydroxyl groups excluding tert-OH is 3. The van der Waals surface area contributed by atoms with Crippen LogP contribution in [0.3, 0.4) is 0 Å². The van der Waals surface area contributed by atoms with Crippen LogP contribution in [0.25, 0.3) is 33.5 Å². The zero-order chi connectivity index (χ0) is 47.0. The number of nitrogens with zero attached hydrogens (tertiary/aromatic N) is 12. The molecule has 9 heterocycles. The van der Waals surface area contributed by atoms with Gasteiger partial charge in [-0.05, 0) is 0 Å². The summed E-state index contributed by atoms with van der Waals surface area (Å²) in [5.41, 5.74) is 20.1. The van der Waals surface area contributed by atoms with Crippen molar-refractivity contribution in [3.05, 3.63) is 38.0 Å². The van der Waals surface area contributed by atoms with Crippen LogP contribution in [0.1, 0.15) is 44.4 Å². The number of fused-ring (bicyclic) bond motifs is 3. The number of hydrogen-bond acceptors (Lipinski definition) is 26. The van der Waals surface area contributed by atoms with Crippen LogP contribution in [0.4, 0.5) is 17.5 Å². The van der Waals surface area contributed by atoms with Crippen molar-refractivity contribution in [1.82, 2.24) is 58.6 Å². The standard InChI is InChI=1S/C38H47N15O12S2/c39-28-23-31(45-12-42-28)51(15-48-23)34-20(5-18(7-54)63-34)59-3-1-37(66,10-55)61-8-19-6-21(35(64-19)52-16-49-24-29(40)43-13-46-32(24)52)60-4-2-38(67,11-56)62-9-22-26(57)27(58)36(65-22)53-17-50-25-30(41)44-14-47-33(25)53/h10-22,26-27,34-36,54,57-58,66-67H,1-9H2,(H2,39,42,45)(H2,40,43,46)(H2,41,44,47). The molecule has 3 saturated heterocycles. The first-order chi connectivity index (χ1) is 32.3. The summed E-state index contributed by atoms with van der Waals surface area (Å²) in [4.78, 5) is 59.2. The monoisotopic (exact) mass is 969 g/mol. The first-order valence-corrected chi connectivity index (χ1v) is 21.8. The molecule has 0 spiro atoms. The van der Waals surface area contributed by atoms with Crippen molar-refractivity contribution in [2.45, 2.75) is 97.0 Å². The molecule has 358 valence electrons. The summed E-state index contributed by atoms with van der Waals surface area (Å²) in [7, 11) is 0. The quantitative estimate of drug-likeness (QED) is 0.0250. The summed E-state index contributed by atoms with van der Waals surface area (Å²) in [6, 6.07) is 0. The molecule has 0 aromatic carbocycles. The molecular formula is C38H47N15O12S2. The van der Waals surface area contributed by atoms with Crippen LogP contribution in [0, 0.1) is 0 Å². The van der Waals surface area contributed by atoms with Crippen LogP contribution >= 0.6 is 25.3 Å². The number of aldehydes is 2. The van der Waals surface area contributed by atoms with E-state index >= 15 is 0 Å². The Morgan fingerprint density at radius 1 is 0.627 bits per heavy atom. The highest BCUT2D eigenvalue weighted by Gasteiger charge is 2.46. The van der Waals surface area contributed by atoms with Crippen LogP contribution in [-0.4, -0.2) is 172 Å². The lowest BCUT2D eigenvalue weighted by Crippen LogP contribution is -2.38. The second-order valence-electron chi connectivity index (χ2n) is 16.1. The number of hydrogen-bond donors (Lipinski definition) is 8. The second kappa shape index (κ2) is 19.4. The van der Waals surface area contributed by atoms with Crippen LogP contribution in [0.5, 0.6) is 0 Å². The second-order valence-corrected chi connectivity index (χ2v) is 17.6. The minimum Gasteiger partial charge on any atom is -0.394 e. The molecule has 9 rings (SSSR count). The van der Waals surface area contributed by atoms with Crippen molar-refractivity contribution in [2.24, 2.45) is 0 Å². The van der Waals surface area contributed by atoms with Gasteiger partial charge < -0.3 is 65.7 Å². The number of aliphatic hydroxyl groups is 3. The molecule has 27 nitrogen and oxygen atoms in total. The summed E-state index contributed by atoms with van der Waals surface area (Å²) >= 11 is 9.09. The summed E-state index contributed by atoms with van der Waals surface area (Å²) < 4.78 is 47.7. The molecule has 6 aromatic rings. The summed E-state index contributed by atoms with van der Waals surface area (Å²) in [6.45, 7) is -0.752. The van der Waals surface area contributed by atoms with Gasteiger partial charge in [0.1, 0.15) is 66.1 Å². The molecule has 0 saturated carbocycles. The Balaban J connectivity index is 0.820. The minimum atomic E-state index is -1.72. The molecule has 0 radical (unpaired) electrons. The van der Waals surface area contributed by atoms with Crippen molar-refractivity contribution >= 4 is 88.8 Å². The van der Waals surface area contributed by atoms with Gasteiger partial charge in [-0.25, -0.2) is 44.9 Å². The third kappa shape index (κ3) is 9.33. The van der Waals surface area contributed by atoms with Gasteiger partial charge in [-0.1, -0.05) is 0 Å². The maximum Gasteiger partial charge on any atom is 0.168 e. The fourth-order valence-electron chi connectivity index (χ4n) is 8.22. The van der Waals surface area contributed by atoms with Gasteiger partial charge >= 0.3 is 0 Å². The van der Waals surface area contributed by atoms with E-state index in [1.165, 1.54) is 42.5 Å². The number of anilines is 3. The Kier molecular flexibility index (Phi) is 13.5. The average Bonchev–Trinajstić information content (AvgIpc) is 4.20. The Labute approximate surface area is 389 Å². The van der Waals surface area contributed by atoms with Crippen molar-refractivity contribution in [3.63, 3.8) is 0 Å². The topological polar surface area (TPSA) is 368 Å². The molecular weight excluding hydrogens is 923 g/mol. The van der Waals surface area contributed by atoms with Gasteiger partial charge in [-0.3, -0.25) is 23.3 Å². The zero-order valence-electron chi connectivity index (χ0n) is 35.3. The fraction of sp³-hybridized carbons (Fsp3) is 0.553. The molecule has 9 N–H and O–H groups in total. The molecule has 0 aliphatic carbocycles. The summed E-state index contributed by atoms with van der Waals surface area (Å²) in [5.74, 6) is 0.484. The molecule has 12 atom stereocenters. The van der Waals surface area contributed by atoms with Gasteiger partial charge in [-0.15, -0.1) is 25.3 Å². The average molecular weight is 970 g/mol. The smallest absolute Gasteiger partial charge is 0.168 e. The lowest BCUT2D eigenvalue weighted by atomic mass is 10.1. The number of aromatic nitrogens is 12. The predicted octanol–water partition coefficient (Wildman–Crippen LogP) is -1.33. The fourth-order valence-corrected chi connectivity index (χ4v) is 8.55. The van der Waals surface area contributed by atoms with Gasteiger partial charge in [0.2, 0.25) is 0 Å². The van der Waals surface area contributed by atoms with Crippen LogP contribution < -0.4 is 17.2 Å². The Hall–Kier alpha value is -5.31. The van der Waals surface area contributed by atoms with E-state index in [0.29, 0.717) is 46.8 Å².